The summed E-state index contributed by atoms with van der Waals surface area (Å²) in [7, 11) is 3.12. The van der Waals surface area contributed by atoms with E-state index < -0.39 is 5.56 Å². The van der Waals surface area contributed by atoms with Gasteiger partial charge in [0.05, 0.1) is 26.6 Å². The summed E-state index contributed by atoms with van der Waals surface area (Å²) in [5.41, 5.74) is 3.27. The van der Waals surface area contributed by atoms with Crippen LogP contribution in [-0.4, -0.2) is 30.6 Å². The minimum absolute atomic E-state index is 0.00513. The van der Waals surface area contributed by atoms with Crippen molar-refractivity contribution in [3.63, 3.8) is 0 Å². The maximum Gasteiger partial charge on any atom is 0.285 e. The molecule has 0 unspecified atom stereocenters. The summed E-state index contributed by atoms with van der Waals surface area (Å²) in [6, 6.07) is 5.34. The Morgan fingerprint density at radius 1 is 1.33 bits per heavy atom. The average Bonchev–Trinajstić information content (AvgIpc) is 2.51. The van der Waals surface area contributed by atoms with Gasteiger partial charge in [0.25, 0.3) is 5.56 Å². The quantitative estimate of drug-likeness (QED) is 0.650. The predicted molar refractivity (Wildman–Crippen MR) is 80.6 cm³/mol. The van der Waals surface area contributed by atoms with Gasteiger partial charge in [-0.3, -0.25) is 10.2 Å². The molecule has 0 saturated heterocycles. The molecule has 0 aliphatic carbocycles. The molecule has 0 fully saturated rings. The molecule has 1 aromatic heterocycles. The summed E-state index contributed by atoms with van der Waals surface area (Å²) in [5.74, 6) is 1.22. The number of hydrazone groups is 1. The van der Waals surface area contributed by atoms with E-state index in [1.807, 2.05) is 6.07 Å². The zero-order valence-electron chi connectivity index (χ0n) is 11.4. The van der Waals surface area contributed by atoms with Crippen LogP contribution >= 0.6 is 11.6 Å². The summed E-state index contributed by atoms with van der Waals surface area (Å²) >= 11 is 5.81. The topological polar surface area (TPSA) is 88.6 Å². The van der Waals surface area contributed by atoms with Crippen LogP contribution in [0.5, 0.6) is 11.5 Å². The number of hydrogen-bond acceptors (Lipinski definition) is 6. The molecule has 1 aromatic carbocycles. The van der Waals surface area contributed by atoms with E-state index in [9.17, 15) is 4.79 Å². The summed E-state index contributed by atoms with van der Waals surface area (Å²) in [4.78, 5) is 11.3. The normalized spacial score (nSPS) is 10.6. The average molecular weight is 309 g/mol. The van der Waals surface area contributed by atoms with Crippen molar-refractivity contribution < 1.29 is 9.47 Å². The lowest BCUT2D eigenvalue weighted by Gasteiger charge is -2.07. The Balaban J connectivity index is 2.14. The van der Waals surface area contributed by atoms with Crippen LogP contribution in [0, 0.1) is 0 Å². The van der Waals surface area contributed by atoms with Crippen LogP contribution in [0.1, 0.15) is 5.56 Å². The standard InChI is InChI=1S/C13H13ClN4O3/c1-20-10-4-3-8(5-11(10)21-2)6-15-17-9-7-16-18-13(19)12(9)14/h3-7H,1-2H3,(H2,17,18,19)/b15-6+. The van der Waals surface area contributed by atoms with Crippen LogP contribution in [-0.2, 0) is 0 Å². The fraction of sp³-hybridized carbons (Fsp3) is 0.154. The minimum Gasteiger partial charge on any atom is -0.493 e. The van der Waals surface area contributed by atoms with Gasteiger partial charge in [-0.05, 0) is 23.8 Å². The van der Waals surface area contributed by atoms with Gasteiger partial charge in [0.15, 0.2) is 11.5 Å². The van der Waals surface area contributed by atoms with Crippen LogP contribution in [0.25, 0.3) is 0 Å². The minimum atomic E-state index is -0.483. The highest BCUT2D eigenvalue weighted by Gasteiger charge is 2.04. The molecule has 2 aromatic rings. The molecule has 0 atom stereocenters. The third kappa shape index (κ3) is 3.51. The number of hydrogen-bond donors (Lipinski definition) is 2. The SMILES string of the molecule is COc1ccc(/C=N/Nc2cn[nH]c(=O)c2Cl)cc1OC. The molecule has 21 heavy (non-hydrogen) atoms. The Morgan fingerprint density at radius 2 is 2.10 bits per heavy atom. The third-order valence-electron chi connectivity index (χ3n) is 2.60. The van der Waals surface area contributed by atoms with Crippen molar-refractivity contribution in [3.05, 3.63) is 45.3 Å². The van der Waals surface area contributed by atoms with Crippen LogP contribution in [0.4, 0.5) is 5.69 Å². The van der Waals surface area contributed by atoms with Crippen LogP contribution in [0.2, 0.25) is 5.02 Å². The van der Waals surface area contributed by atoms with Gasteiger partial charge in [-0.1, -0.05) is 11.6 Å². The monoisotopic (exact) mass is 308 g/mol. The molecule has 2 N–H and O–H groups in total. The molecule has 0 aliphatic rings. The van der Waals surface area contributed by atoms with Gasteiger partial charge in [-0.15, -0.1) is 0 Å². The number of aromatic amines is 1. The second-order valence-corrected chi connectivity index (χ2v) is 4.29. The molecular formula is C13H13ClN4O3. The Labute approximate surface area is 125 Å². The fourth-order valence-corrected chi connectivity index (χ4v) is 1.70. The largest absolute Gasteiger partial charge is 0.493 e. The summed E-state index contributed by atoms with van der Waals surface area (Å²) in [6.45, 7) is 0. The summed E-state index contributed by atoms with van der Waals surface area (Å²) in [6.07, 6.45) is 2.93. The van der Waals surface area contributed by atoms with Crippen molar-refractivity contribution in [2.45, 2.75) is 0 Å². The van der Waals surface area contributed by atoms with E-state index in [1.54, 1.807) is 32.6 Å². The Kier molecular flexibility index (Phi) is 4.78. The number of ether oxygens (including phenoxy) is 2. The number of nitrogens with zero attached hydrogens (tertiary/aromatic N) is 2. The lowest BCUT2D eigenvalue weighted by atomic mass is 10.2. The van der Waals surface area contributed by atoms with Gasteiger partial charge >= 0.3 is 0 Å². The molecule has 0 amide bonds. The highest BCUT2D eigenvalue weighted by Crippen LogP contribution is 2.26. The first-order valence-electron chi connectivity index (χ1n) is 5.90. The molecule has 8 heteroatoms. The van der Waals surface area contributed by atoms with Crippen molar-refractivity contribution in [3.8, 4) is 11.5 Å². The second-order valence-electron chi connectivity index (χ2n) is 3.91. The van der Waals surface area contributed by atoms with Crippen molar-refractivity contribution in [1.82, 2.24) is 10.2 Å². The zero-order valence-corrected chi connectivity index (χ0v) is 12.1. The van der Waals surface area contributed by atoms with Crippen LogP contribution < -0.4 is 20.5 Å². The van der Waals surface area contributed by atoms with Crippen molar-refractivity contribution >= 4 is 23.5 Å². The van der Waals surface area contributed by atoms with Gasteiger partial charge < -0.3 is 9.47 Å². The highest BCUT2D eigenvalue weighted by atomic mass is 35.5. The van der Waals surface area contributed by atoms with Crippen molar-refractivity contribution in [1.29, 1.82) is 0 Å². The van der Waals surface area contributed by atoms with Gasteiger partial charge in [0.2, 0.25) is 0 Å². The Hall–Kier alpha value is -2.54. The summed E-state index contributed by atoms with van der Waals surface area (Å²) < 4.78 is 10.3. The molecule has 0 radical (unpaired) electrons. The maximum absolute atomic E-state index is 11.3. The Bertz CT molecular complexity index is 715. The van der Waals surface area contributed by atoms with E-state index in [-0.39, 0.29) is 5.02 Å². The van der Waals surface area contributed by atoms with Gasteiger partial charge in [0.1, 0.15) is 10.7 Å². The van der Waals surface area contributed by atoms with Gasteiger partial charge in [-0.2, -0.15) is 10.2 Å². The number of nitrogens with one attached hydrogen (secondary N) is 2. The Morgan fingerprint density at radius 3 is 2.81 bits per heavy atom. The predicted octanol–water partition coefficient (Wildman–Crippen LogP) is 1.89. The first kappa shape index (κ1) is 14.9. The fourth-order valence-electron chi connectivity index (χ4n) is 1.57. The third-order valence-corrected chi connectivity index (χ3v) is 2.98. The molecule has 1 heterocycles. The molecular weight excluding hydrogens is 296 g/mol. The zero-order chi connectivity index (χ0) is 15.2. The van der Waals surface area contributed by atoms with E-state index in [1.165, 1.54) is 6.20 Å². The van der Waals surface area contributed by atoms with E-state index in [0.717, 1.165) is 5.56 Å². The maximum atomic E-state index is 11.3. The highest BCUT2D eigenvalue weighted by molar-refractivity contribution is 6.32. The molecule has 0 aliphatic heterocycles. The van der Waals surface area contributed by atoms with E-state index in [4.69, 9.17) is 21.1 Å². The lowest BCUT2D eigenvalue weighted by molar-refractivity contribution is 0.355. The molecule has 110 valence electrons. The first-order valence-corrected chi connectivity index (χ1v) is 6.27. The molecule has 0 saturated carbocycles. The molecule has 0 spiro atoms. The van der Waals surface area contributed by atoms with Gasteiger partial charge in [0, 0.05) is 0 Å². The number of aromatic nitrogens is 2. The number of benzene rings is 1. The van der Waals surface area contributed by atoms with Crippen LogP contribution in [0.15, 0.2) is 34.3 Å². The number of anilines is 1. The number of H-pyrrole nitrogens is 1. The molecule has 2 rings (SSSR count). The van der Waals surface area contributed by atoms with Crippen LogP contribution in [0.3, 0.4) is 0 Å². The van der Waals surface area contributed by atoms with Gasteiger partial charge in [-0.25, -0.2) is 5.10 Å². The molecule has 7 nitrogen and oxygen atoms in total. The van der Waals surface area contributed by atoms with Crippen molar-refractivity contribution in [2.75, 3.05) is 19.6 Å². The van der Waals surface area contributed by atoms with Crippen molar-refractivity contribution in [2.24, 2.45) is 5.10 Å². The van der Waals surface area contributed by atoms with E-state index in [0.29, 0.717) is 17.2 Å². The summed E-state index contributed by atoms with van der Waals surface area (Å²) in [5, 5.41) is 9.83. The van der Waals surface area contributed by atoms with E-state index in [2.05, 4.69) is 20.7 Å². The number of rotatable bonds is 5. The van der Waals surface area contributed by atoms with E-state index >= 15 is 0 Å². The number of halogens is 1. The molecule has 0 bridgehead atoms. The first-order chi connectivity index (χ1) is 10.2. The number of methoxy groups -OCH3 is 2. The smallest absolute Gasteiger partial charge is 0.285 e. The lowest BCUT2D eigenvalue weighted by Crippen LogP contribution is -2.10. The second kappa shape index (κ2) is 6.76.